The van der Waals surface area contributed by atoms with Gasteiger partial charge in [0, 0.05) is 0 Å². The average Bonchev–Trinajstić information content (AvgIpc) is 2.63. The van der Waals surface area contributed by atoms with Gasteiger partial charge >= 0.3 is 101 Å². The molecule has 12 heteroatoms. The Morgan fingerprint density at radius 2 is 1.74 bits per heavy atom. The Bertz CT molecular complexity index is 854. The van der Waals surface area contributed by atoms with Crippen LogP contribution in [0.2, 0.25) is 10.2 Å². The second kappa shape index (κ2) is 10.5. The molecular weight excluding hydrogens is 466 g/mol. The smallest absolute Gasteiger partial charge is 0.356 e. The van der Waals surface area contributed by atoms with E-state index in [1.807, 2.05) is 0 Å². The number of aromatic nitrogens is 1. The van der Waals surface area contributed by atoms with E-state index in [9.17, 15) is 13.3 Å². The molecule has 1 atom stereocenters. The van der Waals surface area contributed by atoms with E-state index >= 15 is 0 Å². The minimum atomic E-state index is -4.30. The normalized spacial score (nSPS) is 12.3. The van der Waals surface area contributed by atoms with Crippen LogP contribution in [0.3, 0.4) is 0 Å². The second-order valence-corrected chi connectivity index (χ2v) is 9.83. The van der Waals surface area contributed by atoms with Crippen molar-refractivity contribution < 1.29 is 31.3 Å². The number of benzene rings is 1. The Morgan fingerprint density at radius 1 is 1.15 bits per heavy atom. The van der Waals surface area contributed by atoms with E-state index in [-0.39, 0.29) is 26.1 Å². The molecule has 0 aliphatic heterocycles. The van der Waals surface area contributed by atoms with Crippen molar-refractivity contribution in [2.24, 2.45) is 0 Å². The Morgan fingerprint density at radius 3 is 2.15 bits per heavy atom. The maximum absolute atomic E-state index is 11.8. The van der Waals surface area contributed by atoms with Gasteiger partial charge in [-0.25, -0.2) is 9.78 Å². The SMILES string of the molecule is CO[As](=O)(OO)c1ccc(NC(C)=O)cc1.O=C(O)c1nc(Cl)ccc1Cl. The van der Waals surface area contributed by atoms with Gasteiger partial charge in [0.25, 0.3) is 0 Å². The third-order valence-electron chi connectivity index (χ3n) is 2.87. The van der Waals surface area contributed by atoms with Gasteiger partial charge in [-0.2, -0.15) is 0 Å². The summed E-state index contributed by atoms with van der Waals surface area (Å²) in [5.41, 5.74) is 0.339. The molecular formula is C15H15AsCl2N2O7. The number of carboxylic acids is 1. The van der Waals surface area contributed by atoms with E-state index in [1.54, 1.807) is 12.1 Å². The zero-order valence-corrected chi connectivity index (χ0v) is 17.4. The van der Waals surface area contributed by atoms with Crippen LogP contribution in [0.25, 0.3) is 0 Å². The summed E-state index contributed by atoms with van der Waals surface area (Å²) in [5, 5.41) is 19.8. The summed E-state index contributed by atoms with van der Waals surface area (Å²) in [7, 11) is 1.19. The second-order valence-electron chi connectivity index (χ2n) is 4.76. The molecule has 0 spiro atoms. The van der Waals surface area contributed by atoms with Gasteiger partial charge in [0.15, 0.2) is 5.69 Å². The number of amides is 1. The van der Waals surface area contributed by atoms with E-state index in [0.29, 0.717) is 5.69 Å². The summed E-state index contributed by atoms with van der Waals surface area (Å²) in [4.78, 5) is 24.6. The molecule has 3 N–H and O–H groups in total. The number of rotatable bonds is 5. The number of carboxylic acid groups (broad SMARTS) is 1. The fourth-order valence-electron chi connectivity index (χ4n) is 1.68. The molecule has 0 radical (unpaired) electrons. The van der Waals surface area contributed by atoms with Crippen molar-refractivity contribution >= 4 is 59.3 Å². The van der Waals surface area contributed by atoms with E-state index in [4.69, 9.17) is 33.6 Å². The number of nitrogens with one attached hydrogen (secondary N) is 1. The predicted molar refractivity (Wildman–Crippen MR) is 98.8 cm³/mol. The molecule has 2 aromatic rings. The zero-order chi connectivity index (χ0) is 20.6. The summed E-state index contributed by atoms with van der Waals surface area (Å²) in [6.45, 7) is 1.38. The van der Waals surface area contributed by atoms with E-state index in [1.165, 1.54) is 38.3 Å². The standard InChI is InChI=1S/C9H12AsNO5.C6H3Cl2NO2/c1-7(12)11-9-5-3-8(4-6-9)10(13,15-2)16-14;7-3-1-2-4(8)9-5(3)6(10)11/h3-6,14H,1-2H3,(H,11,12);1-2H,(H,10,11). The molecule has 2 rings (SSSR count). The average molecular weight is 481 g/mol. The number of carbonyl (C=O) groups is 2. The van der Waals surface area contributed by atoms with Crippen molar-refractivity contribution in [3.8, 4) is 0 Å². The van der Waals surface area contributed by atoms with Crippen LogP contribution in [-0.2, 0) is 16.1 Å². The van der Waals surface area contributed by atoms with Crippen molar-refractivity contribution in [1.29, 1.82) is 0 Å². The Labute approximate surface area is 167 Å². The van der Waals surface area contributed by atoms with Crippen molar-refractivity contribution in [1.82, 2.24) is 4.98 Å². The molecule has 9 nitrogen and oxygen atoms in total. The molecule has 1 aromatic carbocycles. The minimum absolute atomic E-state index is 0.0851. The number of nitrogens with zero attached hydrogens (tertiary/aromatic N) is 1. The molecule has 1 aromatic heterocycles. The van der Waals surface area contributed by atoms with Crippen molar-refractivity contribution in [2.45, 2.75) is 6.92 Å². The first-order chi connectivity index (χ1) is 12.6. The summed E-state index contributed by atoms with van der Waals surface area (Å²) in [5.74, 6) is -1.39. The van der Waals surface area contributed by atoms with Crippen molar-refractivity contribution in [3.05, 3.63) is 52.3 Å². The molecule has 0 aliphatic carbocycles. The van der Waals surface area contributed by atoms with Crippen LogP contribution in [0.15, 0.2) is 36.4 Å². The number of hydrogen-bond donors (Lipinski definition) is 3. The fraction of sp³-hybridized carbons (Fsp3) is 0.133. The van der Waals surface area contributed by atoms with Gasteiger partial charge in [-0.15, -0.1) is 0 Å². The Kier molecular flexibility index (Phi) is 8.97. The number of anilines is 1. The topological polar surface area (TPSA) is 135 Å². The zero-order valence-electron chi connectivity index (χ0n) is 14.1. The van der Waals surface area contributed by atoms with Crippen LogP contribution < -0.4 is 9.67 Å². The van der Waals surface area contributed by atoms with Crippen LogP contribution in [0, 0.1) is 0 Å². The largest absolute Gasteiger partial charge is 0.476 e. The third kappa shape index (κ3) is 6.98. The molecule has 27 heavy (non-hydrogen) atoms. The first-order valence-electron chi connectivity index (χ1n) is 7.05. The van der Waals surface area contributed by atoms with E-state index < -0.39 is 20.1 Å². The molecule has 1 unspecified atom stereocenters. The van der Waals surface area contributed by atoms with Gasteiger partial charge in [-0.3, -0.25) is 0 Å². The van der Waals surface area contributed by atoms with Crippen molar-refractivity contribution in [3.63, 3.8) is 0 Å². The molecule has 0 saturated carbocycles. The van der Waals surface area contributed by atoms with Gasteiger partial charge < -0.3 is 5.11 Å². The van der Waals surface area contributed by atoms with Crippen LogP contribution in [0.5, 0.6) is 0 Å². The van der Waals surface area contributed by atoms with Gasteiger partial charge in [0.2, 0.25) is 0 Å². The van der Waals surface area contributed by atoms with Crippen LogP contribution >= 0.6 is 23.2 Å². The number of pyridine rings is 1. The molecule has 1 amide bonds. The molecule has 0 aliphatic rings. The fourth-order valence-corrected chi connectivity index (χ4v) is 3.88. The van der Waals surface area contributed by atoms with Crippen LogP contribution in [0.1, 0.15) is 17.4 Å². The number of halogens is 2. The Balaban J connectivity index is 0.000000289. The summed E-state index contributed by atoms with van der Waals surface area (Å²) in [6, 6.07) is 8.83. The molecule has 0 fully saturated rings. The van der Waals surface area contributed by atoms with Gasteiger partial charge in [-0.05, 0) is 12.1 Å². The van der Waals surface area contributed by atoms with Gasteiger partial charge in [-0.1, -0.05) is 23.2 Å². The van der Waals surface area contributed by atoms with Crippen molar-refractivity contribution in [2.75, 3.05) is 12.4 Å². The van der Waals surface area contributed by atoms with E-state index in [2.05, 4.69) is 17.9 Å². The van der Waals surface area contributed by atoms with Gasteiger partial charge in [0.05, 0.1) is 5.02 Å². The number of carbonyl (C=O) groups excluding carboxylic acids is 1. The molecule has 146 valence electrons. The first-order valence-corrected chi connectivity index (χ1v) is 11.0. The molecule has 0 saturated heterocycles. The quantitative estimate of drug-likeness (QED) is 0.257. The third-order valence-corrected chi connectivity index (χ3v) is 6.79. The summed E-state index contributed by atoms with van der Waals surface area (Å²) >= 11 is 6.62. The van der Waals surface area contributed by atoms with Gasteiger partial charge in [0.1, 0.15) is 5.15 Å². The molecule has 0 bridgehead atoms. The molecule has 1 heterocycles. The van der Waals surface area contributed by atoms with E-state index in [0.717, 1.165) is 0 Å². The predicted octanol–water partition coefficient (Wildman–Crippen LogP) is 2.44. The first kappa shape index (κ1) is 23.2. The maximum atomic E-state index is 11.8. The van der Waals surface area contributed by atoms with Crippen LogP contribution in [-0.4, -0.2) is 48.5 Å². The number of hydrogen-bond acceptors (Lipinski definition) is 7. The number of aromatic carboxylic acids is 1. The van der Waals surface area contributed by atoms with Crippen LogP contribution in [0.4, 0.5) is 5.69 Å². The Hall–Kier alpha value is -1.87. The minimum Gasteiger partial charge on any atom is -0.476 e. The monoisotopic (exact) mass is 480 g/mol. The summed E-state index contributed by atoms with van der Waals surface area (Å²) < 4.78 is 20.6. The summed E-state index contributed by atoms with van der Waals surface area (Å²) in [6.07, 6.45) is 0. The maximum Gasteiger partial charge on any atom is 0.356 e.